The molecule has 1 aliphatic heterocycles. The van der Waals surface area contributed by atoms with Crippen molar-refractivity contribution in [1.82, 2.24) is 10.2 Å². The van der Waals surface area contributed by atoms with Gasteiger partial charge in [-0.3, -0.25) is 4.79 Å². The topological polar surface area (TPSA) is 54.7 Å². The molecule has 2 aromatic rings. The fourth-order valence-corrected chi connectivity index (χ4v) is 3.14. The number of furan rings is 1. The van der Waals surface area contributed by atoms with Crippen molar-refractivity contribution in [2.45, 2.75) is 19.3 Å². The number of amides is 1. The third-order valence-corrected chi connectivity index (χ3v) is 4.63. The molecule has 23 heavy (non-hydrogen) atoms. The lowest BCUT2D eigenvalue weighted by Crippen LogP contribution is -2.32. The molecule has 124 valence electrons. The molecule has 1 aromatic carbocycles. The maximum absolute atomic E-state index is 12.3. The summed E-state index contributed by atoms with van der Waals surface area (Å²) in [6.07, 6.45) is 3.46. The van der Waals surface area contributed by atoms with Gasteiger partial charge in [0.1, 0.15) is 0 Å². The molecule has 1 aliphatic rings. The van der Waals surface area contributed by atoms with Crippen LogP contribution in [0.3, 0.4) is 0 Å². The summed E-state index contributed by atoms with van der Waals surface area (Å²) in [6, 6.07) is 7.39. The lowest BCUT2D eigenvalue weighted by molar-refractivity contribution is 0.0923. The summed E-state index contributed by atoms with van der Waals surface area (Å²) in [5.41, 5.74) is 0.621. The summed E-state index contributed by atoms with van der Waals surface area (Å²) in [7, 11) is 3.76. The van der Waals surface area contributed by atoms with Gasteiger partial charge in [-0.05, 0) is 57.5 Å². The molecule has 0 radical (unpaired) electrons. The van der Waals surface area contributed by atoms with Gasteiger partial charge in [0.05, 0.1) is 7.11 Å². The molecule has 1 fully saturated rings. The maximum atomic E-state index is 12.3. The Labute approximate surface area is 136 Å². The van der Waals surface area contributed by atoms with Crippen LogP contribution in [0.15, 0.2) is 28.7 Å². The molecule has 0 aliphatic carbocycles. The van der Waals surface area contributed by atoms with E-state index in [1.54, 1.807) is 13.2 Å². The molecule has 0 spiro atoms. The highest BCUT2D eigenvalue weighted by molar-refractivity contribution is 5.97. The number of methoxy groups -OCH3 is 1. The number of hydrogen-bond donors (Lipinski definition) is 1. The van der Waals surface area contributed by atoms with Gasteiger partial charge in [-0.15, -0.1) is 0 Å². The van der Waals surface area contributed by atoms with Crippen LogP contribution in [0.25, 0.3) is 11.0 Å². The zero-order valence-corrected chi connectivity index (χ0v) is 13.8. The van der Waals surface area contributed by atoms with Crippen molar-refractivity contribution in [3.8, 4) is 5.75 Å². The SMILES string of the molecule is COc1cccc2cc(C(=O)NCCC3CCN(C)CC3)oc12. The summed E-state index contributed by atoms with van der Waals surface area (Å²) < 4.78 is 10.9. The van der Waals surface area contributed by atoms with Crippen LogP contribution in [0.4, 0.5) is 0 Å². The fraction of sp³-hybridized carbons (Fsp3) is 0.500. The average Bonchev–Trinajstić information content (AvgIpc) is 3.01. The first-order valence-electron chi connectivity index (χ1n) is 8.20. The monoisotopic (exact) mass is 316 g/mol. The van der Waals surface area contributed by atoms with Crippen LogP contribution in [0, 0.1) is 5.92 Å². The highest BCUT2D eigenvalue weighted by Crippen LogP contribution is 2.28. The smallest absolute Gasteiger partial charge is 0.287 e. The first-order chi connectivity index (χ1) is 11.2. The van der Waals surface area contributed by atoms with E-state index >= 15 is 0 Å². The number of rotatable bonds is 5. The van der Waals surface area contributed by atoms with Crippen molar-refractivity contribution in [3.63, 3.8) is 0 Å². The van der Waals surface area contributed by atoms with Crippen LogP contribution in [0.1, 0.15) is 29.8 Å². The van der Waals surface area contributed by atoms with Crippen LogP contribution < -0.4 is 10.1 Å². The number of para-hydroxylation sites is 1. The van der Waals surface area contributed by atoms with Gasteiger partial charge in [0.15, 0.2) is 17.1 Å². The van der Waals surface area contributed by atoms with Gasteiger partial charge in [-0.25, -0.2) is 0 Å². The fourth-order valence-electron chi connectivity index (χ4n) is 3.14. The predicted octanol–water partition coefficient (Wildman–Crippen LogP) is 2.90. The maximum Gasteiger partial charge on any atom is 0.287 e. The predicted molar refractivity (Wildman–Crippen MR) is 89.9 cm³/mol. The van der Waals surface area contributed by atoms with Gasteiger partial charge >= 0.3 is 0 Å². The number of fused-ring (bicyclic) bond motifs is 1. The van der Waals surface area contributed by atoms with E-state index in [2.05, 4.69) is 17.3 Å². The number of ether oxygens (including phenoxy) is 1. The average molecular weight is 316 g/mol. The highest BCUT2D eigenvalue weighted by atomic mass is 16.5. The number of carbonyl (C=O) groups is 1. The number of benzene rings is 1. The van der Waals surface area contributed by atoms with E-state index in [4.69, 9.17) is 9.15 Å². The van der Waals surface area contributed by atoms with Gasteiger partial charge in [0.25, 0.3) is 5.91 Å². The Balaban J connectivity index is 1.56. The van der Waals surface area contributed by atoms with E-state index < -0.39 is 0 Å². The Bertz CT molecular complexity index is 672. The molecule has 1 amide bonds. The summed E-state index contributed by atoms with van der Waals surface area (Å²) in [4.78, 5) is 14.6. The van der Waals surface area contributed by atoms with Gasteiger partial charge in [0.2, 0.25) is 0 Å². The second-order valence-electron chi connectivity index (χ2n) is 6.28. The number of piperidine rings is 1. The van der Waals surface area contributed by atoms with Crippen molar-refractivity contribution >= 4 is 16.9 Å². The zero-order chi connectivity index (χ0) is 16.2. The molecule has 0 unspecified atom stereocenters. The first-order valence-corrected chi connectivity index (χ1v) is 8.20. The quantitative estimate of drug-likeness (QED) is 0.921. The van der Waals surface area contributed by atoms with Crippen molar-refractivity contribution in [3.05, 3.63) is 30.0 Å². The molecule has 1 aromatic heterocycles. The molecular formula is C18H24N2O3. The molecule has 0 saturated carbocycles. The molecular weight excluding hydrogens is 292 g/mol. The van der Waals surface area contributed by atoms with Gasteiger partial charge < -0.3 is 19.4 Å². The minimum Gasteiger partial charge on any atom is -0.493 e. The van der Waals surface area contributed by atoms with Crippen LogP contribution >= 0.6 is 0 Å². The van der Waals surface area contributed by atoms with E-state index in [1.807, 2.05) is 18.2 Å². The molecule has 1 saturated heterocycles. The minimum absolute atomic E-state index is 0.156. The lowest BCUT2D eigenvalue weighted by atomic mass is 9.94. The lowest BCUT2D eigenvalue weighted by Gasteiger charge is -2.28. The summed E-state index contributed by atoms with van der Waals surface area (Å²) in [5.74, 6) is 1.54. The Morgan fingerprint density at radius 3 is 2.91 bits per heavy atom. The normalized spacial score (nSPS) is 16.6. The van der Waals surface area contributed by atoms with Crippen LogP contribution in [0.5, 0.6) is 5.75 Å². The largest absolute Gasteiger partial charge is 0.493 e. The zero-order valence-electron chi connectivity index (χ0n) is 13.8. The van der Waals surface area contributed by atoms with E-state index in [0.29, 0.717) is 29.6 Å². The van der Waals surface area contributed by atoms with E-state index in [0.717, 1.165) is 24.9 Å². The van der Waals surface area contributed by atoms with Gasteiger partial charge in [-0.2, -0.15) is 0 Å². The van der Waals surface area contributed by atoms with Crippen molar-refractivity contribution in [1.29, 1.82) is 0 Å². The Morgan fingerprint density at radius 1 is 1.39 bits per heavy atom. The van der Waals surface area contributed by atoms with Crippen LogP contribution in [0.2, 0.25) is 0 Å². The summed E-state index contributed by atoms with van der Waals surface area (Å²) in [5, 5.41) is 3.85. The van der Waals surface area contributed by atoms with Gasteiger partial charge in [0, 0.05) is 11.9 Å². The molecule has 3 rings (SSSR count). The number of carbonyl (C=O) groups excluding carboxylic acids is 1. The number of nitrogens with one attached hydrogen (secondary N) is 1. The van der Waals surface area contributed by atoms with Crippen LogP contribution in [-0.2, 0) is 0 Å². The van der Waals surface area contributed by atoms with E-state index in [9.17, 15) is 4.79 Å². The van der Waals surface area contributed by atoms with Crippen molar-refractivity contribution < 1.29 is 13.9 Å². The van der Waals surface area contributed by atoms with Crippen molar-refractivity contribution in [2.24, 2.45) is 5.92 Å². The molecule has 0 atom stereocenters. The first kappa shape index (κ1) is 15.9. The van der Waals surface area contributed by atoms with E-state index in [1.165, 1.54) is 12.8 Å². The third kappa shape index (κ3) is 3.67. The third-order valence-electron chi connectivity index (χ3n) is 4.63. The second-order valence-corrected chi connectivity index (χ2v) is 6.28. The Morgan fingerprint density at radius 2 is 2.17 bits per heavy atom. The molecule has 5 nitrogen and oxygen atoms in total. The highest BCUT2D eigenvalue weighted by Gasteiger charge is 2.18. The minimum atomic E-state index is -0.156. The van der Waals surface area contributed by atoms with Crippen molar-refractivity contribution in [2.75, 3.05) is 33.8 Å². The standard InChI is InChI=1S/C18H24N2O3/c1-20-10-7-13(8-11-20)6-9-19-18(21)16-12-14-4-3-5-15(22-2)17(14)23-16/h3-5,12-13H,6-11H2,1-2H3,(H,19,21). The number of hydrogen-bond acceptors (Lipinski definition) is 4. The Kier molecular flexibility index (Phi) is 4.86. The van der Waals surface area contributed by atoms with Crippen LogP contribution in [-0.4, -0.2) is 44.6 Å². The molecule has 5 heteroatoms. The molecule has 1 N–H and O–H groups in total. The summed E-state index contributed by atoms with van der Waals surface area (Å²) >= 11 is 0. The summed E-state index contributed by atoms with van der Waals surface area (Å²) in [6.45, 7) is 3.01. The molecule has 0 bridgehead atoms. The molecule has 2 heterocycles. The Hall–Kier alpha value is -2.01. The number of nitrogens with zero attached hydrogens (tertiary/aromatic N) is 1. The second kappa shape index (κ2) is 7.04. The van der Waals surface area contributed by atoms with Gasteiger partial charge in [-0.1, -0.05) is 12.1 Å². The number of likely N-dealkylation sites (tertiary alicyclic amines) is 1. The van der Waals surface area contributed by atoms with E-state index in [-0.39, 0.29) is 5.91 Å².